The monoisotopic (exact) mass is 280 g/mol. The standard InChI is InChI=1S/C12H13FN4O3/c1-7-9(6-14)12(16(2)15-7)20-8-3-4-11(17(18)19)10(13)5-8/h3-5H,6,14H2,1-2H3. The number of ether oxygens (including phenoxy) is 1. The number of nitrogens with zero attached hydrogens (tertiary/aromatic N) is 3. The first-order chi connectivity index (χ1) is 9.43. The lowest BCUT2D eigenvalue weighted by Crippen LogP contribution is -2.01. The van der Waals surface area contributed by atoms with Crippen LogP contribution in [0.1, 0.15) is 11.3 Å². The lowest BCUT2D eigenvalue weighted by molar-refractivity contribution is -0.387. The number of nitrogens with two attached hydrogens (primary N) is 1. The zero-order valence-electron chi connectivity index (χ0n) is 11.0. The predicted octanol–water partition coefficient (Wildman–Crippen LogP) is 2.03. The van der Waals surface area contributed by atoms with E-state index in [9.17, 15) is 14.5 Å². The van der Waals surface area contributed by atoms with Crippen LogP contribution in [0.2, 0.25) is 0 Å². The molecule has 1 heterocycles. The highest BCUT2D eigenvalue weighted by molar-refractivity contribution is 5.41. The van der Waals surface area contributed by atoms with Crippen molar-refractivity contribution in [2.24, 2.45) is 12.8 Å². The van der Waals surface area contributed by atoms with Crippen LogP contribution in [0.15, 0.2) is 18.2 Å². The van der Waals surface area contributed by atoms with Crippen molar-refractivity contribution in [1.29, 1.82) is 0 Å². The van der Waals surface area contributed by atoms with Gasteiger partial charge in [0, 0.05) is 25.7 Å². The molecule has 1 aromatic heterocycles. The van der Waals surface area contributed by atoms with Gasteiger partial charge in [0.2, 0.25) is 11.7 Å². The Morgan fingerprint density at radius 3 is 2.80 bits per heavy atom. The van der Waals surface area contributed by atoms with Gasteiger partial charge in [-0.2, -0.15) is 9.49 Å². The second-order valence-electron chi connectivity index (χ2n) is 4.17. The molecule has 7 nitrogen and oxygen atoms in total. The summed E-state index contributed by atoms with van der Waals surface area (Å²) in [6.45, 7) is 2.01. The molecule has 0 aliphatic rings. The quantitative estimate of drug-likeness (QED) is 0.682. The van der Waals surface area contributed by atoms with Gasteiger partial charge in [-0.15, -0.1) is 0 Å². The number of aromatic nitrogens is 2. The van der Waals surface area contributed by atoms with Crippen LogP contribution in [0.5, 0.6) is 11.6 Å². The molecule has 2 N–H and O–H groups in total. The third-order valence-electron chi connectivity index (χ3n) is 2.82. The van der Waals surface area contributed by atoms with E-state index in [1.54, 1.807) is 14.0 Å². The minimum Gasteiger partial charge on any atom is -0.439 e. The van der Waals surface area contributed by atoms with Crippen molar-refractivity contribution in [3.05, 3.63) is 45.4 Å². The Balaban J connectivity index is 2.36. The van der Waals surface area contributed by atoms with E-state index in [4.69, 9.17) is 10.5 Å². The number of halogens is 1. The van der Waals surface area contributed by atoms with Gasteiger partial charge in [0.1, 0.15) is 5.75 Å². The lowest BCUT2D eigenvalue weighted by atomic mass is 10.2. The minimum atomic E-state index is -0.958. The maximum atomic E-state index is 13.5. The molecule has 0 radical (unpaired) electrons. The third kappa shape index (κ3) is 2.45. The molecule has 0 unspecified atom stereocenters. The summed E-state index contributed by atoms with van der Waals surface area (Å²) in [7, 11) is 1.67. The summed E-state index contributed by atoms with van der Waals surface area (Å²) < 4.78 is 20.5. The van der Waals surface area contributed by atoms with Crippen LogP contribution in [0.3, 0.4) is 0 Å². The summed E-state index contributed by atoms with van der Waals surface area (Å²) in [5.74, 6) is -0.426. The summed E-state index contributed by atoms with van der Waals surface area (Å²) >= 11 is 0. The average Bonchev–Trinajstić information content (AvgIpc) is 2.63. The second kappa shape index (κ2) is 5.25. The van der Waals surface area contributed by atoms with Crippen molar-refractivity contribution in [2.75, 3.05) is 0 Å². The van der Waals surface area contributed by atoms with E-state index in [0.29, 0.717) is 17.1 Å². The molecule has 0 saturated heterocycles. The highest BCUT2D eigenvalue weighted by Gasteiger charge is 2.17. The first kappa shape index (κ1) is 13.9. The SMILES string of the molecule is Cc1nn(C)c(Oc2ccc([N+](=O)[O-])c(F)c2)c1CN. The molecular weight excluding hydrogens is 267 g/mol. The summed E-state index contributed by atoms with van der Waals surface area (Å²) in [4.78, 5) is 9.75. The Morgan fingerprint density at radius 1 is 1.55 bits per heavy atom. The van der Waals surface area contributed by atoms with E-state index in [1.807, 2.05) is 0 Å². The van der Waals surface area contributed by atoms with E-state index in [1.165, 1.54) is 10.7 Å². The molecule has 0 fully saturated rings. The van der Waals surface area contributed by atoms with Gasteiger partial charge in [0.25, 0.3) is 0 Å². The molecule has 0 aliphatic carbocycles. The van der Waals surface area contributed by atoms with Gasteiger partial charge in [-0.25, -0.2) is 4.68 Å². The van der Waals surface area contributed by atoms with Crippen molar-refractivity contribution in [2.45, 2.75) is 13.5 Å². The molecule has 0 aliphatic heterocycles. The predicted molar refractivity (Wildman–Crippen MR) is 69.0 cm³/mol. The molecule has 0 atom stereocenters. The first-order valence-corrected chi connectivity index (χ1v) is 5.78. The maximum Gasteiger partial charge on any atom is 0.305 e. The number of nitro groups is 1. The molecule has 8 heteroatoms. The Kier molecular flexibility index (Phi) is 3.66. The Bertz CT molecular complexity index is 669. The van der Waals surface area contributed by atoms with Crippen molar-refractivity contribution in [3.8, 4) is 11.6 Å². The topological polar surface area (TPSA) is 96.2 Å². The van der Waals surface area contributed by atoms with Gasteiger partial charge in [0.05, 0.1) is 16.2 Å². The molecule has 0 saturated carbocycles. The zero-order chi connectivity index (χ0) is 14.9. The smallest absolute Gasteiger partial charge is 0.305 e. The van der Waals surface area contributed by atoms with Crippen LogP contribution < -0.4 is 10.5 Å². The van der Waals surface area contributed by atoms with E-state index >= 15 is 0 Å². The molecule has 0 amide bonds. The Hall–Kier alpha value is -2.48. The fraction of sp³-hybridized carbons (Fsp3) is 0.250. The molecule has 1 aromatic carbocycles. The zero-order valence-corrected chi connectivity index (χ0v) is 11.0. The number of rotatable bonds is 4. The van der Waals surface area contributed by atoms with Crippen LogP contribution >= 0.6 is 0 Å². The maximum absolute atomic E-state index is 13.5. The lowest BCUT2D eigenvalue weighted by Gasteiger charge is -2.08. The molecule has 0 bridgehead atoms. The van der Waals surface area contributed by atoms with Crippen LogP contribution in [0.4, 0.5) is 10.1 Å². The largest absolute Gasteiger partial charge is 0.439 e. The second-order valence-corrected chi connectivity index (χ2v) is 4.17. The van der Waals surface area contributed by atoms with Gasteiger partial charge in [0.15, 0.2) is 0 Å². The molecular formula is C12H13FN4O3. The summed E-state index contributed by atoms with van der Waals surface area (Å²) in [6.07, 6.45) is 0. The van der Waals surface area contributed by atoms with Crippen molar-refractivity contribution < 1.29 is 14.1 Å². The average molecular weight is 280 g/mol. The number of benzene rings is 1. The molecule has 2 rings (SSSR count). The Morgan fingerprint density at radius 2 is 2.25 bits per heavy atom. The third-order valence-corrected chi connectivity index (χ3v) is 2.82. The van der Waals surface area contributed by atoms with E-state index in [2.05, 4.69) is 5.10 Å². The summed E-state index contributed by atoms with van der Waals surface area (Å²) in [6, 6.07) is 3.33. The number of aryl methyl sites for hydroxylation is 2. The first-order valence-electron chi connectivity index (χ1n) is 5.78. The van der Waals surface area contributed by atoms with Gasteiger partial charge >= 0.3 is 5.69 Å². The van der Waals surface area contributed by atoms with Gasteiger partial charge in [-0.05, 0) is 13.0 Å². The van der Waals surface area contributed by atoms with Crippen molar-refractivity contribution in [3.63, 3.8) is 0 Å². The minimum absolute atomic E-state index is 0.144. The summed E-state index contributed by atoms with van der Waals surface area (Å²) in [5, 5.41) is 14.7. The van der Waals surface area contributed by atoms with Crippen LogP contribution in [0, 0.1) is 22.9 Å². The number of hydrogen-bond acceptors (Lipinski definition) is 5. The van der Waals surface area contributed by atoms with Gasteiger partial charge < -0.3 is 10.5 Å². The normalized spacial score (nSPS) is 10.6. The molecule has 2 aromatic rings. The summed E-state index contributed by atoms with van der Waals surface area (Å²) in [5.41, 5.74) is 6.43. The van der Waals surface area contributed by atoms with E-state index in [0.717, 1.165) is 12.1 Å². The van der Waals surface area contributed by atoms with E-state index in [-0.39, 0.29) is 12.3 Å². The van der Waals surface area contributed by atoms with Gasteiger partial charge in [-0.1, -0.05) is 0 Å². The van der Waals surface area contributed by atoms with Crippen LogP contribution in [-0.4, -0.2) is 14.7 Å². The van der Waals surface area contributed by atoms with Crippen LogP contribution in [0.25, 0.3) is 0 Å². The number of hydrogen-bond donors (Lipinski definition) is 1. The van der Waals surface area contributed by atoms with Gasteiger partial charge in [-0.3, -0.25) is 10.1 Å². The van der Waals surface area contributed by atoms with E-state index < -0.39 is 16.4 Å². The highest BCUT2D eigenvalue weighted by Crippen LogP contribution is 2.29. The van der Waals surface area contributed by atoms with Crippen molar-refractivity contribution >= 4 is 5.69 Å². The number of nitro benzene ring substituents is 1. The molecule has 0 spiro atoms. The fourth-order valence-corrected chi connectivity index (χ4v) is 1.85. The highest BCUT2D eigenvalue weighted by atomic mass is 19.1. The van der Waals surface area contributed by atoms with Crippen molar-refractivity contribution in [1.82, 2.24) is 9.78 Å². The fourth-order valence-electron chi connectivity index (χ4n) is 1.85. The molecule has 20 heavy (non-hydrogen) atoms. The van der Waals surface area contributed by atoms with Crippen LogP contribution in [-0.2, 0) is 13.6 Å². The Labute approximate surface area is 113 Å². The molecule has 106 valence electrons.